The van der Waals surface area contributed by atoms with Gasteiger partial charge in [-0.15, -0.1) is 0 Å². The SMILES string of the molecule is CCCOCCCNCc1cnco1. The Morgan fingerprint density at radius 3 is 3.14 bits per heavy atom. The predicted molar refractivity (Wildman–Crippen MR) is 53.9 cm³/mol. The summed E-state index contributed by atoms with van der Waals surface area (Å²) in [5.41, 5.74) is 0. The summed E-state index contributed by atoms with van der Waals surface area (Å²) in [6.45, 7) is 5.50. The zero-order valence-corrected chi connectivity index (χ0v) is 8.66. The lowest BCUT2D eigenvalue weighted by Gasteiger charge is -2.03. The molecule has 0 aromatic carbocycles. The van der Waals surface area contributed by atoms with E-state index in [1.54, 1.807) is 6.20 Å². The highest BCUT2D eigenvalue weighted by Crippen LogP contribution is 1.94. The van der Waals surface area contributed by atoms with E-state index in [0.717, 1.165) is 44.9 Å². The van der Waals surface area contributed by atoms with Crippen molar-refractivity contribution in [3.8, 4) is 0 Å². The highest BCUT2D eigenvalue weighted by atomic mass is 16.5. The summed E-state index contributed by atoms with van der Waals surface area (Å²) in [5.74, 6) is 0.875. The first-order chi connectivity index (χ1) is 6.93. The first-order valence-corrected chi connectivity index (χ1v) is 5.09. The monoisotopic (exact) mass is 198 g/mol. The number of oxazole rings is 1. The van der Waals surface area contributed by atoms with Gasteiger partial charge in [0.2, 0.25) is 0 Å². The topological polar surface area (TPSA) is 47.3 Å². The molecular weight excluding hydrogens is 180 g/mol. The van der Waals surface area contributed by atoms with Crippen LogP contribution >= 0.6 is 0 Å². The molecule has 0 bridgehead atoms. The Morgan fingerprint density at radius 2 is 2.43 bits per heavy atom. The van der Waals surface area contributed by atoms with E-state index in [1.165, 1.54) is 6.39 Å². The zero-order valence-electron chi connectivity index (χ0n) is 8.66. The van der Waals surface area contributed by atoms with Crippen molar-refractivity contribution >= 4 is 0 Å². The Bertz CT molecular complexity index is 212. The summed E-state index contributed by atoms with van der Waals surface area (Å²) in [6.07, 6.45) is 5.29. The van der Waals surface area contributed by atoms with E-state index in [1.807, 2.05) is 0 Å². The minimum atomic E-state index is 0.744. The molecule has 0 aliphatic rings. The third kappa shape index (κ3) is 4.99. The van der Waals surface area contributed by atoms with Gasteiger partial charge in [0.05, 0.1) is 12.7 Å². The van der Waals surface area contributed by atoms with Crippen molar-refractivity contribution in [3.05, 3.63) is 18.4 Å². The molecule has 0 atom stereocenters. The molecule has 0 saturated carbocycles. The van der Waals surface area contributed by atoms with Gasteiger partial charge in [0.1, 0.15) is 5.76 Å². The lowest BCUT2D eigenvalue weighted by Crippen LogP contribution is -2.16. The molecule has 80 valence electrons. The van der Waals surface area contributed by atoms with Crippen molar-refractivity contribution < 1.29 is 9.15 Å². The summed E-state index contributed by atoms with van der Waals surface area (Å²) >= 11 is 0. The number of nitrogens with one attached hydrogen (secondary N) is 1. The molecule has 0 spiro atoms. The molecule has 1 aromatic heterocycles. The van der Waals surface area contributed by atoms with Crippen LogP contribution in [0.4, 0.5) is 0 Å². The van der Waals surface area contributed by atoms with Crippen molar-refractivity contribution in [2.24, 2.45) is 0 Å². The molecule has 1 aromatic rings. The Hall–Kier alpha value is -0.870. The van der Waals surface area contributed by atoms with Crippen LogP contribution in [0.15, 0.2) is 17.0 Å². The molecule has 0 aliphatic heterocycles. The largest absolute Gasteiger partial charge is 0.447 e. The van der Waals surface area contributed by atoms with Crippen LogP contribution in [0.25, 0.3) is 0 Å². The first kappa shape index (κ1) is 11.2. The van der Waals surface area contributed by atoms with Gasteiger partial charge in [-0.3, -0.25) is 0 Å². The number of ether oxygens (including phenoxy) is 1. The highest BCUT2D eigenvalue weighted by Gasteiger charge is 1.94. The standard InChI is InChI=1S/C10H18N2O2/c1-2-5-13-6-3-4-11-7-10-8-12-9-14-10/h8-9,11H,2-7H2,1H3. The van der Waals surface area contributed by atoms with Gasteiger partial charge < -0.3 is 14.5 Å². The van der Waals surface area contributed by atoms with Crippen LogP contribution < -0.4 is 5.32 Å². The van der Waals surface area contributed by atoms with E-state index in [4.69, 9.17) is 9.15 Å². The number of rotatable bonds is 8. The van der Waals surface area contributed by atoms with Crippen LogP contribution in [0.1, 0.15) is 25.5 Å². The maximum atomic E-state index is 5.34. The van der Waals surface area contributed by atoms with Crippen LogP contribution in [-0.2, 0) is 11.3 Å². The van der Waals surface area contributed by atoms with Crippen molar-refractivity contribution in [1.29, 1.82) is 0 Å². The van der Waals surface area contributed by atoms with E-state index >= 15 is 0 Å². The lowest BCUT2D eigenvalue weighted by atomic mass is 10.4. The molecule has 0 saturated heterocycles. The fraction of sp³-hybridized carbons (Fsp3) is 0.700. The molecule has 0 fully saturated rings. The Morgan fingerprint density at radius 1 is 1.50 bits per heavy atom. The van der Waals surface area contributed by atoms with Crippen molar-refractivity contribution in [2.45, 2.75) is 26.3 Å². The highest BCUT2D eigenvalue weighted by molar-refractivity contribution is 4.86. The van der Waals surface area contributed by atoms with E-state index in [0.29, 0.717) is 0 Å². The summed E-state index contributed by atoms with van der Waals surface area (Å²) in [7, 11) is 0. The smallest absolute Gasteiger partial charge is 0.180 e. The molecule has 14 heavy (non-hydrogen) atoms. The fourth-order valence-electron chi connectivity index (χ4n) is 1.09. The van der Waals surface area contributed by atoms with Crippen LogP contribution in [0.2, 0.25) is 0 Å². The molecule has 0 aliphatic carbocycles. The second-order valence-corrected chi connectivity index (χ2v) is 3.11. The van der Waals surface area contributed by atoms with Gasteiger partial charge in [0.15, 0.2) is 6.39 Å². The minimum absolute atomic E-state index is 0.744. The average molecular weight is 198 g/mol. The van der Waals surface area contributed by atoms with Gasteiger partial charge in [-0.25, -0.2) is 4.98 Å². The quantitative estimate of drug-likeness (QED) is 0.644. The van der Waals surface area contributed by atoms with E-state index in [-0.39, 0.29) is 0 Å². The summed E-state index contributed by atoms with van der Waals surface area (Å²) in [5, 5.41) is 3.25. The van der Waals surface area contributed by atoms with Crippen LogP contribution in [-0.4, -0.2) is 24.7 Å². The number of nitrogens with zero attached hydrogens (tertiary/aromatic N) is 1. The maximum Gasteiger partial charge on any atom is 0.180 e. The fourth-order valence-corrected chi connectivity index (χ4v) is 1.09. The molecule has 1 N–H and O–H groups in total. The Kier molecular flexibility index (Phi) is 6.02. The molecule has 0 unspecified atom stereocenters. The molecule has 4 heteroatoms. The number of hydrogen-bond acceptors (Lipinski definition) is 4. The summed E-state index contributed by atoms with van der Waals surface area (Å²) in [4.78, 5) is 3.83. The van der Waals surface area contributed by atoms with E-state index in [2.05, 4.69) is 17.2 Å². The normalized spacial score (nSPS) is 10.6. The molecule has 4 nitrogen and oxygen atoms in total. The van der Waals surface area contributed by atoms with Gasteiger partial charge in [-0.1, -0.05) is 6.92 Å². The van der Waals surface area contributed by atoms with Crippen LogP contribution in [0, 0.1) is 0 Å². The predicted octanol–water partition coefficient (Wildman–Crippen LogP) is 1.58. The minimum Gasteiger partial charge on any atom is -0.447 e. The first-order valence-electron chi connectivity index (χ1n) is 5.09. The van der Waals surface area contributed by atoms with Crippen molar-refractivity contribution in [1.82, 2.24) is 10.3 Å². The molecule has 1 heterocycles. The maximum absolute atomic E-state index is 5.34. The second-order valence-electron chi connectivity index (χ2n) is 3.11. The second kappa shape index (κ2) is 7.53. The third-order valence-electron chi connectivity index (χ3n) is 1.77. The summed E-state index contributed by atoms with van der Waals surface area (Å²) in [6, 6.07) is 0. The van der Waals surface area contributed by atoms with Crippen LogP contribution in [0.3, 0.4) is 0 Å². The van der Waals surface area contributed by atoms with Gasteiger partial charge >= 0.3 is 0 Å². The number of aromatic nitrogens is 1. The van der Waals surface area contributed by atoms with Gasteiger partial charge in [-0.05, 0) is 19.4 Å². The van der Waals surface area contributed by atoms with Gasteiger partial charge in [0.25, 0.3) is 0 Å². The van der Waals surface area contributed by atoms with Gasteiger partial charge in [-0.2, -0.15) is 0 Å². The van der Waals surface area contributed by atoms with E-state index in [9.17, 15) is 0 Å². The lowest BCUT2D eigenvalue weighted by molar-refractivity contribution is 0.132. The van der Waals surface area contributed by atoms with E-state index < -0.39 is 0 Å². The number of hydrogen-bond donors (Lipinski definition) is 1. The Balaban J connectivity index is 1.85. The van der Waals surface area contributed by atoms with Crippen molar-refractivity contribution in [3.63, 3.8) is 0 Å². The molecule has 1 rings (SSSR count). The van der Waals surface area contributed by atoms with Crippen molar-refractivity contribution in [2.75, 3.05) is 19.8 Å². The van der Waals surface area contributed by atoms with Crippen LogP contribution in [0.5, 0.6) is 0 Å². The molecule has 0 amide bonds. The molecular formula is C10H18N2O2. The average Bonchev–Trinajstić information content (AvgIpc) is 2.69. The zero-order chi connectivity index (χ0) is 10.1. The van der Waals surface area contributed by atoms with Gasteiger partial charge in [0, 0.05) is 13.2 Å². The third-order valence-corrected chi connectivity index (χ3v) is 1.77. The summed E-state index contributed by atoms with van der Waals surface area (Å²) < 4.78 is 10.4. The molecule has 0 radical (unpaired) electrons. The Labute approximate surface area is 84.7 Å².